The van der Waals surface area contributed by atoms with Gasteiger partial charge in [0.25, 0.3) is 0 Å². The van der Waals surface area contributed by atoms with Crippen molar-refractivity contribution in [1.82, 2.24) is 16.0 Å². The van der Waals surface area contributed by atoms with Gasteiger partial charge in [-0.05, 0) is 24.1 Å². The summed E-state index contributed by atoms with van der Waals surface area (Å²) < 4.78 is 12.8. The second-order valence-electron chi connectivity index (χ2n) is 4.58. The molecule has 1 aromatic carbocycles. The van der Waals surface area contributed by atoms with Crippen LogP contribution in [0.4, 0.5) is 9.18 Å². The zero-order chi connectivity index (χ0) is 11.8. The molecule has 3 rings (SSSR count). The number of hydrogen-bond donors (Lipinski definition) is 3. The highest BCUT2D eigenvalue weighted by molar-refractivity contribution is 5.77. The highest BCUT2D eigenvalue weighted by Crippen LogP contribution is 2.25. The Kier molecular flexibility index (Phi) is 2.48. The van der Waals surface area contributed by atoms with Gasteiger partial charge >= 0.3 is 6.03 Å². The number of amides is 2. The third kappa shape index (κ3) is 1.98. The maximum Gasteiger partial charge on any atom is 0.315 e. The molecular formula is C12H14FN3O. The molecule has 0 aliphatic carbocycles. The largest absolute Gasteiger partial charge is 0.333 e. The maximum atomic E-state index is 12.8. The Bertz CT molecular complexity index is 434. The smallest absolute Gasteiger partial charge is 0.315 e. The number of urea groups is 1. The molecule has 2 saturated heterocycles. The van der Waals surface area contributed by atoms with Crippen LogP contribution < -0.4 is 16.0 Å². The van der Waals surface area contributed by atoms with Crippen molar-refractivity contribution in [3.8, 4) is 0 Å². The van der Waals surface area contributed by atoms with Crippen LogP contribution in [0.3, 0.4) is 0 Å². The maximum absolute atomic E-state index is 12.8. The second kappa shape index (κ2) is 4.00. The van der Waals surface area contributed by atoms with Gasteiger partial charge in [-0.2, -0.15) is 0 Å². The fraction of sp³-hybridized carbons (Fsp3) is 0.417. The van der Waals surface area contributed by atoms with Crippen molar-refractivity contribution >= 4 is 6.03 Å². The average Bonchev–Trinajstić information content (AvgIpc) is 2.69. The lowest BCUT2D eigenvalue weighted by molar-refractivity contribution is 0.247. The third-order valence-corrected chi connectivity index (χ3v) is 3.46. The molecule has 4 nitrogen and oxygen atoms in total. The van der Waals surface area contributed by atoms with Gasteiger partial charge in [0.2, 0.25) is 0 Å². The quantitative estimate of drug-likeness (QED) is 0.677. The molecule has 0 radical (unpaired) electrons. The van der Waals surface area contributed by atoms with Crippen molar-refractivity contribution in [2.45, 2.75) is 24.5 Å². The van der Waals surface area contributed by atoms with E-state index in [1.807, 2.05) is 0 Å². The Labute approximate surface area is 98.6 Å². The Balaban J connectivity index is 1.74. The minimum Gasteiger partial charge on any atom is -0.333 e. The molecule has 90 valence electrons. The number of carbonyl (C=O) groups excluding carboxylic acids is 1. The summed E-state index contributed by atoms with van der Waals surface area (Å²) in [6.45, 7) is 0.742. The monoisotopic (exact) mass is 235 g/mol. The van der Waals surface area contributed by atoms with E-state index >= 15 is 0 Å². The van der Waals surface area contributed by atoms with Crippen molar-refractivity contribution in [2.24, 2.45) is 0 Å². The third-order valence-electron chi connectivity index (χ3n) is 3.46. The van der Waals surface area contributed by atoms with E-state index < -0.39 is 0 Å². The van der Waals surface area contributed by atoms with Crippen molar-refractivity contribution in [2.75, 3.05) is 6.54 Å². The van der Waals surface area contributed by atoms with Gasteiger partial charge in [-0.3, -0.25) is 0 Å². The Hall–Kier alpha value is -1.62. The molecule has 0 aromatic heterocycles. The molecule has 17 heavy (non-hydrogen) atoms. The summed E-state index contributed by atoms with van der Waals surface area (Å²) in [6, 6.07) is 6.93. The molecule has 2 amide bonds. The summed E-state index contributed by atoms with van der Waals surface area (Å²) in [5.74, 6) is -0.224. The molecule has 0 bridgehead atoms. The van der Waals surface area contributed by atoms with Gasteiger partial charge in [-0.15, -0.1) is 0 Å². The molecule has 3 unspecified atom stereocenters. The first-order valence-corrected chi connectivity index (χ1v) is 5.78. The van der Waals surface area contributed by atoms with Gasteiger partial charge in [-0.25, -0.2) is 9.18 Å². The average molecular weight is 235 g/mol. The summed E-state index contributed by atoms with van der Waals surface area (Å²) in [4.78, 5) is 11.2. The van der Waals surface area contributed by atoms with Gasteiger partial charge in [0.05, 0.1) is 12.1 Å². The lowest BCUT2D eigenvalue weighted by Gasteiger charge is -2.32. The highest BCUT2D eigenvalue weighted by atomic mass is 19.1. The standard InChI is InChI=1S/C12H14FN3O/c13-8-3-1-7(2-4-8)9-5-10-11(6-14-9)16-12(17)15-10/h1-4,9-11,14H,5-6H2,(H2,15,16,17). The van der Waals surface area contributed by atoms with Crippen molar-refractivity contribution in [3.63, 3.8) is 0 Å². The molecule has 2 heterocycles. The van der Waals surface area contributed by atoms with E-state index in [0.29, 0.717) is 0 Å². The van der Waals surface area contributed by atoms with E-state index in [0.717, 1.165) is 18.5 Å². The summed E-state index contributed by atoms with van der Waals surface area (Å²) in [7, 11) is 0. The van der Waals surface area contributed by atoms with Crippen LogP contribution in [0.15, 0.2) is 24.3 Å². The normalized spacial score (nSPS) is 31.6. The Morgan fingerprint density at radius 1 is 1.12 bits per heavy atom. The molecule has 2 fully saturated rings. The number of piperidine rings is 1. The summed E-state index contributed by atoms with van der Waals surface area (Å²) in [5, 5.41) is 9.14. The molecule has 2 aliphatic rings. The lowest BCUT2D eigenvalue weighted by atomic mass is 9.92. The number of benzene rings is 1. The van der Waals surface area contributed by atoms with Crippen molar-refractivity contribution < 1.29 is 9.18 Å². The van der Waals surface area contributed by atoms with Crippen molar-refractivity contribution in [3.05, 3.63) is 35.6 Å². The first-order chi connectivity index (χ1) is 8.22. The minimum atomic E-state index is -0.224. The number of rotatable bonds is 1. The van der Waals surface area contributed by atoms with Crippen LogP contribution in [0.2, 0.25) is 0 Å². The zero-order valence-electron chi connectivity index (χ0n) is 9.24. The van der Waals surface area contributed by atoms with Crippen LogP contribution in [0.5, 0.6) is 0 Å². The lowest BCUT2D eigenvalue weighted by Crippen LogP contribution is -2.49. The minimum absolute atomic E-state index is 0.0958. The molecule has 0 spiro atoms. The first kappa shape index (κ1) is 10.5. The molecule has 2 aliphatic heterocycles. The molecular weight excluding hydrogens is 221 g/mol. The molecule has 3 N–H and O–H groups in total. The first-order valence-electron chi connectivity index (χ1n) is 5.78. The number of hydrogen-bond acceptors (Lipinski definition) is 2. The van der Waals surface area contributed by atoms with Gasteiger partial charge < -0.3 is 16.0 Å². The van der Waals surface area contributed by atoms with E-state index in [1.165, 1.54) is 12.1 Å². The molecule has 5 heteroatoms. The van der Waals surface area contributed by atoms with E-state index in [1.54, 1.807) is 12.1 Å². The van der Waals surface area contributed by atoms with Crippen LogP contribution in [-0.4, -0.2) is 24.7 Å². The van der Waals surface area contributed by atoms with Crippen LogP contribution in [0.25, 0.3) is 0 Å². The predicted octanol–water partition coefficient (Wildman–Crippen LogP) is 0.910. The summed E-state index contributed by atoms with van der Waals surface area (Å²) in [5.41, 5.74) is 1.06. The summed E-state index contributed by atoms with van der Waals surface area (Å²) in [6.07, 6.45) is 0.828. The van der Waals surface area contributed by atoms with Crippen molar-refractivity contribution in [1.29, 1.82) is 0 Å². The van der Waals surface area contributed by atoms with Gasteiger partial charge in [-0.1, -0.05) is 12.1 Å². The Morgan fingerprint density at radius 2 is 1.82 bits per heavy atom. The second-order valence-corrected chi connectivity index (χ2v) is 4.58. The van der Waals surface area contributed by atoms with E-state index in [-0.39, 0.29) is 30.0 Å². The van der Waals surface area contributed by atoms with Gasteiger partial charge in [0.15, 0.2) is 0 Å². The molecule has 1 aromatic rings. The highest BCUT2D eigenvalue weighted by Gasteiger charge is 2.37. The molecule has 0 saturated carbocycles. The number of fused-ring (bicyclic) bond motifs is 1. The van der Waals surface area contributed by atoms with Crippen LogP contribution in [0.1, 0.15) is 18.0 Å². The van der Waals surface area contributed by atoms with Crippen LogP contribution >= 0.6 is 0 Å². The zero-order valence-corrected chi connectivity index (χ0v) is 9.24. The number of carbonyl (C=O) groups is 1. The fourth-order valence-electron chi connectivity index (χ4n) is 2.55. The van der Waals surface area contributed by atoms with E-state index in [2.05, 4.69) is 16.0 Å². The van der Waals surface area contributed by atoms with E-state index in [9.17, 15) is 9.18 Å². The Morgan fingerprint density at radius 3 is 2.59 bits per heavy atom. The SMILES string of the molecule is O=C1NC2CNC(c3ccc(F)cc3)CC2N1. The molecule has 3 atom stereocenters. The van der Waals surface area contributed by atoms with Crippen LogP contribution in [-0.2, 0) is 0 Å². The van der Waals surface area contributed by atoms with Crippen LogP contribution in [0, 0.1) is 5.82 Å². The topological polar surface area (TPSA) is 53.2 Å². The summed E-state index contributed by atoms with van der Waals surface area (Å²) >= 11 is 0. The van der Waals surface area contributed by atoms with Gasteiger partial charge in [0.1, 0.15) is 5.82 Å². The van der Waals surface area contributed by atoms with Gasteiger partial charge in [0, 0.05) is 12.6 Å². The number of nitrogens with one attached hydrogen (secondary N) is 3. The fourth-order valence-corrected chi connectivity index (χ4v) is 2.55. The number of halogens is 1. The predicted molar refractivity (Wildman–Crippen MR) is 61.0 cm³/mol. The van der Waals surface area contributed by atoms with E-state index in [4.69, 9.17) is 0 Å².